The fraction of sp³-hybridized carbons (Fsp3) is 0.167. The van der Waals surface area contributed by atoms with Gasteiger partial charge in [-0.1, -0.05) is 34.4 Å². The van der Waals surface area contributed by atoms with E-state index >= 15 is 0 Å². The van der Waals surface area contributed by atoms with E-state index in [1.165, 1.54) is 0 Å². The Morgan fingerprint density at radius 2 is 1.81 bits per heavy atom. The first kappa shape index (κ1) is 16.4. The van der Waals surface area contributed by atoms with Crippen molar-refractivity contribution in [1.29, 1.82) is 0 Å². The smallest absolute Gasteiger partial charge is 0.278 e. The molecule has 0 aliphatic carbocycles. The van der Waals surface area contributed by atoms with E-state index in [0.29, 0.717) is 38.5 Å². The summed E-state index contributed by atoms with van der Waals surface area (Å²) < 4.78 is 10.6. The van der Waals surface area contributed by atoms with Crippen LogP contribution in [0.5, 0.6) is 11.5 Å². The Balaban J connectivity index is 1.52. The van der Waals surface area contributed by atoms with Gasteiger partial charge in [-0.15, -0.1) is 0 Å². The number of ether oxygens (including phenoxy) is 2. The van der Waals surface area contributed by atoms with Crippen LogP contribution in [0, 0.1) is 5.92 Å². The van der Waals surface area contributed by atoms with Gasteiger partial charge in [-0.05, 0) is 24.3 Å². The highest BCUT2D eigenvalue weighted by Gasteiger charge is 2.56. The molecule has 3 aliphatic rings. The first-order valence-electron chi connectivity index (χ1n) is 8.01. The normalized spacial score (nSPS) is 22.7. The molecule has 2 aromatic carbocycles. The van der Waals surface area contributed by atoms with Crippen molar-refractivity contribution in [3.63, 3.8) is 0 Å². The van der Waals surface area contributed by atoms with E-state index in [-0.39, 0.29) is 6.79 Å². The van der Waals surface area contributed by atoms with Gasteiger partial charge >= 0.3 is 0 Å². The molecule has 2 atom stereocenters. The summed E-state index contributed by atoms with van der Waals surface area (Å²) in [4.78, 5) is 32.2. The molecule has 0 bridgehead atoms. The van der Waals surface area contributed by atoms with Crippen LogP contribution in [0.25, 0.3) is 0 Å². The molecule has 136 valence electrons. The van der Waals surface area contributed by atoms with Crippen molar-refractivity contribution in [2.24, 2.45) is 11.1 Å². The van der Waals surface area contributed by atoms with Gasteiger partial charge in [0.15, 0.2) is 11.5 Å². The van der Waals surface area contributed by atoms with Crippen molar-refractivity contribution in [3.8, 4) is 11.5 Å². The number of fused-ring (bicyclic) bond motifs is 2. The lowest BCUT2D eigenvalue weighted by Crippen LogP contribution is -2.33. The highest BCUT2D eigenvalue weighted by Crippen LogP contribution is 2.40. The number of anilines is 1. The van der Waals surface area contributed by atoms with Crippen LogP contribution in [0.4, 0.5) is 5.69 Å². The molecule has 0 saturated carbocycles. The van der Waals surface area contributed by atoms with E-state index in [2.05, 4.69) is 5.16 Å². The fourth-order valence-electron chi connectivity index (χ4n) is 3.38. The van der Waals surface area contributed by atoms with Gasteiger partial charge in [0.25, 0.3) is 5.91 Å². The first-order chi connectivity index (χ1) is 13.0. The molecule has 1 fully saturated rings. The van der Waals surface area contributed by atoms with Crippen molar-refractivity contribution in [1.82, 2.24) is 0 Å². The summed E-state index contributed by atoms with van der Waals surface area (Å²) in [7, 11) is 0. The molecule has 27 heavy (non-hydrogen) atoms. The van der Waals surface area contributed by atoms with Crippen LogP contribution in [0.1, 0.15) is 5.56 Å². The Bertz CT molecular complexity index is 1040. The largest absolute Gasteiger partial charge is 0.454 e. The van der Waals surface area contributed by atoms with E-state index in [4.69, 9.17) is 37.5 Å². The standard InChI is InChI=1S/C18H10Cl2N2O5/c19-8-1-3-10(11(20)5-8)15-14-16(27-21-15)18(24)22(17(14)23)9-2-4-12-13(6-9)26-7-25-12/h1-6,14,16H,7H2/t14-,16+/m1/s1. The number of benzene rings is 2. The Hall–Kier alpha value is -2.77. The average Bonchev–Trinajstić information content (AvgIpc) is 3.32. The molecular weight excluding hydrogens is 395 g/mol. The first-order valence-corrected chi connectivity index (χ1v) is 8.77. The zero-order chi connectivity index (χ0) is 18.7. The van der Waals surface area contributed by atoms with Crippen molar-refractivity contribution in [3.05, 3.63) is 52.0 Å². The predicted octanol–water partition coefficient (Wildman–Crippen LogP) is 3.01. The maximum absolute atomic E-state index is 13.1. The Kier molecular flexibility index (Phi) is 3.57. The van der Waals surface area contributed by atoms with Crippen molar-refractivity contribution >= 4 is 46.4 Å². The molecule has 0 unspecified atom stereocenters. The third-order valence-corrected chi connectivity index (χ3v) is 5.18. The number of carbonyl (C=O) groups excluding carboxylic acids is 2. The van der Waals surface area contributed by atoms with Gasteiger partial charge in [-0.2, -0.15) is 0 Å². The number of hydrogen-bond donors (Lipinski definition) is 0. The Morgan fingerprint density at radius 1 is 1.00 bits per heavy atom. The highest BCUT2D eigenvalue weighted by atomic mass is 35.5. The number of carbonyl (C=O) groups is 2. The zero-order valence-corrected chi connectivity index (χ0v) is 15.0. The quantitative estimate of drug-likeness (QED) is 0.718. The minimum atomic E-state index is -1.02. The van der Waals surface area contributed by atoms with E-state index < -0.39 is 23.8 Å². The molecule has 9 heteroatoms. The lowest BCUT2D eigenvalue weighted by molar-refractivity contribution is -0.126. The van der Waals surface area contributed by atoms with Crippen LogP contribution in [0.2, 0.25) is 10.0 Å². The fourth-order valence-corrected chi connectivity index (χ4v) is 3.88. The van der Waals surface area contributed by atoms with E-state index in [1.54, 1.807) is 36.4 Å². The summed E-state index contributed by atoms with van der Waals surface area (Å²) in [6.45, 7) is 0.0981. The summed E-state index contributed by atoms with van der Waals surface area (Å²) >= 11 is 12.2. The molecule has 3 heterocycles. The van der Waals surface area contributed by atoms with Gasteiger partial charge in [0.1, 0.15) is 11.6 Å². The Morgan fingerprint density at radius 3 is 2.63 bits per heavy atom. The van der Waals surface area contributed by atoms with Gasteiger partial charge in [0.2, 0.25) is 18.8 Å². The molecule has 0 N–H and O–H groups in total. The number of rotatable bonds is 2. The van der Waals surface area contributed by atoms with Gasteiger partial charge < -0.3 is 14.3 Å². The van der Waals surface area contributed by atoms with Crippen molar-refractivity contribution in [2.75, 3.05) is 11.7 Å². The molecule has 7 nitrogen and oxygen atoms in total. The third kappa shape index (κ3) is 2.39. The van der Waals surface area contributed by atoms with Gasteiger partial charge in [-0.3, -0.25) is 9.59 Å². The number of amides is 2. The van der Waals surface area contributed by atoms with E-state index in [1.807, 2.05) is 0 Å². The van der Waals surface area contributed by atoms with E-state index in [0.717, 1.165) is 4.90 Å². The molecule has 2 amide bonds. The van der Waals surface area contributed by atoms with Crippen LogP contribution >= 0.6 is 23.2 Å². The average molecular weight is 405 g/mol. The van der Waals surface area contributed by atoms with Crippen LogP contribution in [0.15, 0.2) is 41.6 Å². The lowest BCUT2D eigenvalue weighted by Gasteiger charge is -2.16. The van der Waals surface area contributed by atoms with Crippen LogP contribution < -0.4 is 14.4 Å². The summed E-state index contributed by atoms with van der Waals surface area (Å²) in [5.74, 6) is -0.773. The van der Waals surface area contributed by atoms with Crippen molar-refractivity contribution in [2.45, 2.75) is 6.10 Å². The summed E-state index contributed by atoms with van der Waals surface area (Å²) in [6, 6.07) is 9.69. The lowest BCUT2D eigenvalue weighted by atomic mass is 9.94. The second-order valence-corrected chi connectivity index (χ2v) is 7.00. The summed E-state index contributed by atoms with van der Waals surface area (Å²) in [5, 5.41) is 4.72. The maximum Gasteiger partial charge on any atom is 0.278 e. The number of oxime groups is 1. The molecule has 0 aromatic heterocycles. The number of nitrogens with zero attached hydrogens (tertiary/aromatic N) is 2. The molecule has 0 spiro atoms. The van der Waals surface area contributed by atoms with Crippen LogP contribution in [-0.4, -0.2) is 30.4 Å². The minimum absolute atomic E-state index is 0.0981. The molecule has 5 rings (SSSR count). The monoisotopic (exact) mass is 404 g/mol. The maximum atomic E-state index is 13.1. The second-order valence-electron chi connectivity index (χ2n) is 6.15. The molecule has 1 saturated heterocycles. The minimum Gasteiger partial charge on any atom is -0.454 e. The molecule has 2 aromatic rings. The molecule has 0 radical (unpaired) electrons. The SMILES string of the molecule is O=C1[C@@H]2C(c3ccc(Cl)cc3Cl)=NO[C@@H]2C(=O)N1c1ccc2c(c1)OCO2. The number of halogens is 2. The van der Waals surface area contributed by atoms with Gasteiger partial charge in [0, 0.05) is 16.7 Å². The predicted molar refractivity (Wildman–Crippen MR) is 96.4 cm³/mol. The molecule has 3 aliphatic heterocycles. The van der Waals surface area contributed by atoms with Crippen LogP contribution in [-0.2, 0) is 14.4 Å². The van der Waals surface area contributed by atoms with E-state index in [9.17, 15) is 9.59 Å². The number of hydrogen-bond acceptors (Lipinski definition) is 6. The van der Waals surface area contributed by atoms with Gasteiger partial charge in [0.05, 0.1) is 10.7 Å². The third-order valence-electron chi connectivity index (χ3n) is 4.63. The van der Waals surface area contributed by atoms with Crippen LogP contribution in [0.3, 0.4) is 0 Å². The number of imide groups is 1. The molecular formula is C18H10Cl2N2O5. The summed E-state index contributed by atoms with van der Waals surface area (Å²) in [6.07, 6.45) is -1.02. The van der Waals surface area contributed by atoms with Gasteiger partial charge in [-0.25, -0.2) is 4.90 Å². The van der Waals surface area contributed by atoms with Crippen molar-refractivity contribution < 1.29 is 23.9 Å². The Labute approximate surface area is 163 Å². The highest BCUT2D eigenvalue weighted by molar-refractivity contribution is 6.39. The zero-order valence-electron chi connectivity index (χ0n) is 13.5. The topological polar surface area (TPSA) is 77.4 Å². The summed E-state index contributed by atoms with van der Waals surface area (Å²) in [5.41, 5.74) is 1.19. The second kappa shape index (κ2) is 5.87.